The zero-order valence-corrected chi connectivity index (χ0v) is 20.3. The first-order valence-electron chi connectivity index (χ1n) is 11.8. The Balaban J connectivity index is 1.46. The van der Waals surface area contributed by atoms with Crippen LogP contribution in [-0.2, 0) is 4.74 Å². The van der Waals surface area contributed by atoms with Crippen molar-refractivity contribution >= 4 is 17.3 Å². The Hall–Kier alpha value is -4.30. The number of hydrogen-bond donors (Lipinski definition) is 1. The molecule has 1 aromatic heterocycles. The highest BCUT2D eigenvalue weighted by Gasteiger charge is 2.21. The van der Waals surface area contributed by atoms with Gasteiger partial charge in [-0.3, -0.25) is 4.79 Å². The highest BCUT2D eigenvalue weighted by molar-refractivity contribution is 6.07. The fourth-order valence-electron chi connectivity index (χ4n) is 4.24. The second-order valence-corrected chi connectivity index (χ2v) is 8.34. The molecular weight excluding hydrogens is 456 g/mol. The molecule has 1 aliphatic rings. The molecule has 1 N–H and O–H groups in total. The van der Waals surface area contributed by atoms with Gasteiger partial charge < -0.3 is 24.4 Å². The molecule has 184 valence electrons. The normalized spacial score (nSPS) is 13.3. The zero-order chi connectivity index (χ0) is 24.9. The summed E-state index contributed by atoms with van der Waals surface area (Å²) in [5, 5.41) is 7.65. The Morgan fingerprint density at radius 3 is 2.31 bits per heavy atom. The topological polar surface area (TPSA) is 77.9 Å². The van der Waals surface area contributed by atoms with E-state index in [-0.39, 0.29) is 5.91 Å². The maximum atomic E-state index is 13.4. The van der Waals surface area contributed by atoms with Gasteiger partial charge >= 0.3 is 0 Å². The van der Waals surface area contributed by atoms with Crippen molar-refractivity contribution in [3.63, 3.8) is 0 Å². The van der Waals surface area contributed by atoms with Crippen molar-refractivity contribution in [3.8, 4) is 28.3 Å². The summed E-state index contributed by atoms with van der Waals surface area (Å²) in [7, 11) is 3.18. The number of methoxy groups -OCH3 is 2. The number of benzene rings is 3. The van der Waals surface area contributed by atoms with Gasteiger partial charge in [-0.1, -0.05) is 24.3 Å². The summed E-state index contributed by atoms with van der Waals surface area (Å²) in [4.78, 5) is 15.7. The predicted molar refractivity (Wildman–Crippen MR) is 140 cm³/mol. The number of anilines is 2. The molecule has 1 aliphatic heterocycles. The molecule has 2 heterocycles. The van der Waals surface area contributed by atoms with E-state index >= 15 is 0 Å². The Bertz CT molecular complexity index is 1330. The van der Waals surface area contributed by atoms with Crippen molar-refractivity contribution in [2.75, 3.05) is 50.7 Å². The summed E-state index contributed by atoms with van der Waals surface area (Å²) in [6.45, 7) is 3.16. The summed E-state index contributed by atoms with van der Waals surface area (Å²) >= 11 is 0. The van der Waals surface area contributed by atoms with Gasteiger partial charge in [-0.25, -0.2) is 4.68 Å². The molecule has 1 amide bonds. The molecular formula is C28H28N4O4. The molecule has 1 fully saturated rings. The lowest BCUT2D eigenvalue weighted by molar-refractivity contribution is 0.102. The zero-order valence-electron chi connectivity index (χ0n) is 20.3. The van der Waals surface area contributed by atoms with Gasteiger partial charge in [0.05, 0.1) is 33.1 Å². The molecule has 0 unspecified atom stereocenters. The van der Waals surface area contributed by atoms with Crippen molar-refractivity contribution in [3.05, 3.63) is 84.7 Å². The number of rotatable bonds is 7. The molecule has 3 aromatic carbocycles. The van der Waals surface area contributed by atoms with Gasteiger partial charge in [0, 0.05) is 36.2 Å². The number of aromatic nitrogens is 2. The molecule has 1 saturated heterocycles. The lowest BCUT2D eigenvalue weighted by Crippen LogP contribution is -2.36. The van der Waals surface area contributed by atoms with Gasteiger partial charge in [-0.05, 0) is 54.1 Å². The number of carbonyl (C=O) groups is 1. The fraction of sp³-hybridized carbons (Fsp3) is 0.214. The second kappa shape index (κ2) is 10.5. The van der Waals surface area contributed by atoms with Crippen LogP contribution in [0, 0.1) is 0 Å². The molecule has 0 spiro atoms. The van der Waals surface area contributed by atoms with Crippen LogP contribution in [0.1, 0.15) is 10.5 Å². The van der Waals surface area contributed by atoms with E-state index in [9.17, 15) is 4.79 Å². The molecule has 0 saturated carbocycles. The molecule has 5 rings (SSSR count). The van der Waals surface area contributed by atoms with Gasteiger partial charge in [0.15, 0.2) is 17.2 Å². The number of para-hydroxylation sites is 1. The quantitative estimate of drug-likeness (QED) is 0.412. The van der Waals surface area contributed by atoms with Gasteiger partial charge in [0.1, 0.15) is 0 Å². The average molecular weight is 485 g/mol. The lowest BCUT2D eigenvalue weighted by Gasteiger charge is -2.28. The Kier molecular flexibility index (Phi) is 6.86. The summed E-state index contributed by atoms with van der Waals surface area (Å²) in [6.07, 6.45) is 1.85. The number of hydrogen-bond acceptors (Lipinski definition) is 6. The molecule has 8 heteroatoms. The summed E-state index contributed by atoms with van der Waals surface area (Å²) in [5.74, 6) is 0.893. The first-order chi connectivity index (χ1) is 17.7. The van der Waals surface area contributed by atoms with Crippen LogP contribution < -0.4 is 19.7 Å². The van der Waals surface area contributed by atoms with Gasteiger partial charge in [-0.2, -0.15) is 5.10 Å². The summed E-state index contributed by atoms with van der Waals surface area (Å²) in [6, 6.07) is 23.1. The lowest BCUT2D eigenvalue weighted by atomic mass is 10.1. The third kappa shape index (κ3) is 4.89. The second-order valence-electron chi connectivity index (χ2n) is 8.34. The van der Waals surface area contributed by atoms with Crippen LogP contribution in [0.15, 0.2) is 79.0 Å². The minimum absolute atomic E-state index is 0.298. The van der Waals surface area contributed by atoms with Gasteiger partial charge in [-0.15, -0.1) is 0 Å². The van der Waals surface area contributed by atoms with Crippen LogP contribution in [-0.4, -0.2) is 56.2 Å². The van der Waals surface area contributed by atoms with Gasteiger partial charge in [0.2, 0.25) is 0 Å². The number of nitrogens with one attached hydrogen (secondary N) is 1. The largest absolute Gasteiger partial charge is 0.493 e. The van der Waals surface area contributed by atoms with Crippen LogP contribution in [0.3, 0.4) is 0 Å². The van der Waals surface area contributed by atoms with Crippen molar-refractivity contribution in [1.82, 2.24) is 9.78 Å². The van der Waals surface area contributed by atoms with E-state index in [0.29, 0.717) is 28.4 Å². The third-order valence-corrected chi connectivity index (χ3v) is 6.15. The van der Waals surface area contributed by atoms with E-state index in [1.165, 1.54) is 0 Å². The van der Waals surface area contributed by atoms with Gasteiger partial charge in [0.25, 0.3) is 5.91 Å². The first kappa shape index (κ1) is 23.4. The van der Waals surface area contributed by atoms with Crippen molar-refractivity contribution < 1.29 is 19.0 Å². The van der Waals surface area contributed by atoms with Crippen LogP contribution in [0.4, 0.5) is 11.4 Å². The van der Waals surface area contributed by atoms with Crippen molar-refractivity contribution in [2.24, 2.45) is 0 Å². The van der Waals surface area contributed by atoms with E-state index in [1.807, 2.05) is 79.0 Å². The SMILES string of the molecule is COc1ccc(-c2cn(-c3ccccc3)nc2C(=O)Nc2ccc(N3CCOCC3)cc2)cc1OC. The molecule has 0 atom stereocenters. The minimum Gasteiger partial charge on any atom is -0.493 e. The smallest absolute Gasteiger partial charge is 0.276 e. The van der Waals surface area contributed by atoms with Crippen LogP contribution in [0.5, 0.6) is 11.5 Å². The minimum atomic E-state index is -0.298. The molecule has 0 aliphatic carbocycles. The van der Waals surface area contributed by atoms with E-state index in [0.717, 1.165) is 43.2 Å². The Labute approximate surface area is 210 Å². The van der Waals surface area contributed by atoms with E-state index in [1.54, 1.807) is 18.9 Å². The van der Waals surface area contributed by atoms with Crippen LogP contribution >= 0.6 is 0 Å². The Morgan fingerprint density at radius 1 is 0.889 bits per heavy atom. The number of morpholine rings is 1. The summed E-state index contributed by atoms with van der Waals surface area (Å²) in [5.41, 5.74) is 4.45. The first-order valence-corrected chi connectivity index (χ1v) is 11.8. The monoisotopic (exact) mass is 484 g/mol. The number of nitrogens with zero attached hydrogens (tertiary/aromatic N) is 3. The van der Waals surface area contributed by atoms with E-state index < -0.39 is 0 Å². The number of ether oxygens (including phenoxy) is 3. The Morgan fingerprint density at radius 2 is 1.61 bits per heavy atom. The van der Waals surface area contributed by atoms with E-state index in [4.69, 9.17) is 14.2 Å². The molecule has 0 radical (unpaired) electrons. The highest BCUT2D eigenvalue weighted by atomic mass is 16.5. The molecule has 4 aromatic rings. The molecule has 8 nitrogen and oxygen atoms in total. The third-order valence-electron chi connectivity index (χ3n) is 6.15. The maximum absolute atomic E-state index is 13.4. The predicted octanol–water partition coefficient (Wildman–Crippen LogP) is 4.65. The van der Waals surface area contributed by atoms with Crippen LogP contribution in [0.2, 0.25) is 0 Å². The maximum Gasteiger partial charge on any atom is 0.276 e. The standard InChI is InChI=1S/C28H28N4O4/c1-34-25-13-8-20(18-26(25)35-2)24-19-32(23-6-4-3-5-7-23)30-27(24)28(33)29-21-9-11-22(12-10-21)31-14-16-36-17-15-31/h3-13,18-19H,14-17H2,1-2H3,(H,29,33). The van der Waals surface area contributed by atoms with Crippen LogP contribution in [0.25, 0.3) is 16.8 Å². The number of amides is 1. The molecule has 36 heavy (non-hydrogen) atoms. The number of carbonyl (C=O) groups excluding carboxylic acids is 1. The fourth-order valence-corrected chi connectivity index (χ4v) is 4.24. The highest BCUT2D eigenvalue weighted by Crippen LogP contribution is 2.34. The van der Waals surface area contributed by atoms with E-state index in [2.05, 4.69) is 15.3 Å². The summed E-state index contributed by atoms with van der Waals surface area (Å²) < 4.78 is 18.0. The molecule has 0 bridgehead atoms. The van der Waals surface area contributed by atoms with Crippen molar-refractivity contribution in [1.29, 1.82) is 0 Å². The average Bonchev–Trinajstić information content (AvgIpc) is 3.40. The van der Waals surface area contributed by atoms with Crippen molar-refractivity contribution in [2.45, 2.75) is 0 Å².